The molecule has 8 nitrogen and oxygen atoms in total. The van der Waals surface area contributed by atoms with E-state index >= 15 is 0 Å². The Hall–Kier alpha value is -2.90. The van der Waals surface area contributed by atoms with Crippen molar-refractivity contribution in [1.82, 2.24) is 0 Å². The lowest BCUT2D eigenvalue weighted by Gasteiger charge is -2.05. The maximum atomic E-state index is 11.4. The number of rotatable bonds is 12. The Morgan fingerprint density at radius 2 is 0.962 bits per heavy atom. The minimum atomic E-state index is -0.719. The molecule has 0 aromatic carbocycles. The average Bonchev–Trinajstić information content (AvgIpc) is 2.58. The third-order valence-electron chi connectivity index (χ3n) is 2.58. The van der Waals surface area contributed by atoms with Gasteiger partial charge in [0.05, 0.1) is 26.4 Å². The molecule has 144 valence electrons. The summed E-state index contributed by atoms with van der Waals surface area (Å²) in [7, 11) is 0. The van der Waals surface area contributed by atoms with Crippen LogP contribution in [-0.4, -0.2) is 50.3 Å². The molecule has 0 atom stereocenters. The van der Waals surface area contributed by atoms with Crippen molar-refractivity contribution in [3.63, 3.8) is 0 Å². The van der Waals surface area contributed by atoms with Crippen LogP contribution >= 0.6 is 0 Å². The van der Waals surface area contributed by atoms with E-state index in [1.54, 1.807) is 0 Å². The van der Waals surface area contributed by atoms with Gasteiger partial charge < -0.3 is 18.9 Å². The molecule has 0 saturated carbocycles. The molecule has 0 bridgehead atoms. The molecule has 0 radical (unpaired) electrons. The van der Waals surface area contributed by atoms with Crippen LogP contribution in [-0.2, 0) is 38.1 Å². The Kier molecular flexibility index (Phi) is 11.9. The molecule has 0 aromatic rings. The SMILES string of the molecule is C=C(C)C(=O)OCCCOC(=O)C=CC(=O)OCCCOC(=O)C(=C)C. The van der Waals surface area contributed by atoms with E-state index in [0.717, 1.165) is 12.2 Å². The van der Waals surface area contributed by atoms with Crippen molar-refractivity contribution < 1.29 is 38.1 Å². The highest BCUT2D eigenvalue weighted by Gasteiger charge is 2.05. The lowest BCUT2D eigenvalue weighted by atomic mass is 10.4. The quantitative estimate of drug-likeness (QED) is 0.222. The molecule has 26 heavy (non-hydrogen) atoms. The van der Waals surface area contributed by atoms with Crippen LogP contribution in [0.1, 0.15) is 26.7 Å². The van der Waals surface area contributed by atoms with Gasteiger partial charge in [-0.05, 0) is 13.8 Å². The molecule has 0 aliphatic rings. The van der Waals surface area contributed by atoms with E-state index in [1.165, 1.54) is 13.8 Å². The number of esters is 4. The fourth-order valence-electron chi connectivity index (χ4n) is 1.27. The molecule has 0 saturated heterocycles. The third kappa shape index (κ3) is 12.5. The van der Waals surface area contributed by atoms with Crippen LogP contribution in [0.4, 0.5) is 0 Å². The number of hydrogen-bond acceptors (Lipinski definition) is 8. The van der Waals surface area contributed by atoms with Gasteiger partial charge in [-0.3, -0.25) is 0 Å². The fourth-order valence-corrected chi connectivity index (χ4v) is 1.27. The summed E-state index contributed by atoms with van der Waals surface area (Å²) in [6.45, 7) is 10.2. The summed E-state index contributed by atoms with van der Waals surface area (Å²) in [5.41, 5.74) is 0.579. The van der Waals surface area contributed by atoms with Gasteiger partial charge in [-0.2, -0.15) is 0 Å². The monoisotopic (exact) mass is 368 g/mol. The highest BCUT2D eigenvalue weighted by atomic mass is 16.6. The Bertz CT molecular complexity index is 524. The summed E-state index contributed by atoms with van der Waals surface area (Å²) < 4.78 is 19.3. The van der Waals surface area contributed by atoms with Crippen LogP contribution in [0.3, 0.4) is 0 Å². The van der Waals surface area contributed by atoms with Crippen LogP contribution in [0.5, 0.6) is 0 Å². The van der Waals surface area contributed by atoms with Gasteiger partial charge in [-0.15, -0.1) is 0 Å². The van der Waals surface area contributed by atoms with E-state index < -0.39 is 23.9 Å². The zero-order valence-corrected chi connectivity index (χ0v) is 15.1. The Morgan fingerprint density at radius 3 is 1.27 bits per heavy atom. The van der Waals surface area contributed by atoms with Crippen molar-refractivity contribution in [3.8, 4) is 0 Å². The number of ether oxygens (including phenoxy) is 4. The normalized spacial score (nSPS) is 10.1. The van der Waals surface area contributed by atoms with E-state index in [2.05, 4.69) is 13.2 Å². The number of hydrogen-bond donors (Lipinski definition) is 0. The van der Waals surface area contributed by atoms with Gasteiger partial charge in [0.15, 0.2) is 0 Å². The first kappa shape index (κ1) is 23.1. The largest absolute Gasteiger partial charge is 0.462 e. The highest BCUT2D eigenvalue weighted by Crippen LogP contribution is 1.96. The van der Waals surface area contributed by atoms with E-state index in [4.69, 9.17) is 18.9 Å². The average molecular weight is 368 g/mol. The van der Waals surface area contributed by atoms with Crippen LogP contribution in [0, 0.1) is 0 Å². The second-order valence-electron chi connectivity index (χ2n) is 5.21. The second kappa shape index (κ2) is 13.4. The van der Waals surface area contributed by atoms with Gasteiger partial charge >= 0.3 is 23.9 Å². The highest BCUT2D eigenvalue weighted by molar-refractivity contribution is 5.91. The first-order valence-corrected chi connectivity index (χ1v) is 7.91. The van der Waals surface area contributed by atoms with Crippen LogP contribution in [0.15, 0.2) is 36.5 Å². The Balaban J connectivity index is 3.74. The molecule has 0 fully saturated rings. The summed E-state index contributed by atoms with van der Waals surface area (Å²) >= 11 is 0. The maximum Gasteiger partial charge on any atom is 0.333 e. The molecule has 0 aliphatic carbocycles. The van der Waals surface area contributed by atoms with Crippen molar-refractivity contribution in [2.24, 2.45) is 0 Å². The topological polar surface area (TPSA) is 105 Å². The minimum absolute atomic E-state index is 0.0375. The van der Waals surface area contributed by atoms with Crippen molar-refractivity contribution >= 4 is 23.9 Å². The molecule has 0 aromatic heterocycles. The van der Waals surface area contributed by atoms with E-state index in [-0.39, 0.29) is 37.6 Å². The summed E-state index contributed by atoms with van der Waals surface area (Å²) in [6, 6.07) is 0. The van der Waals surface area contributed by atoms with Crippen LogP contribution in [0.25, 0.3) is 0 Å². The molecular formula is C18H24O8. The molecule has 0 unspecified atom stereocenters. The van der Waals surface area contributed by atoms with Crippen molar-refractivity contribution in [3.05, 3.63) is 36.5 Å². The summed E-state index contributed by atoms with van der Waals surface area (Å²) in [5.74, 6) is -2.45. The van der Waals surface area contributed by atoms with Gasteiger partial charge in [-0.25, -0.2) is 19.2 Å². The lowest BCUT2D eigenvalue weighted by molar-refractivity contribution is -0.143. The zero-order valence-electron chi connectivity index (χ0n) is 15.1. The predicted octanol–water partition coefficient (Wildman–Crippen LogP) is 1.65. The van der Waals surface area contributed by atoms with E-state index in [1.807, 2.05) is 0 Å². The summed E-state index contributed by atoms with van der Waals surface area (Å²) in [4.78, 5) is 44.9. The second-order valence-corrected chi connectivity index (χ2v) is 5.21. The van der Waals surface area contributed by atoms with Crippen molar-refractivity contribution in [2.45, 2.75) is 26.7 Å². The third-order valence-corrected chi connectivity index (χ3v) is 2.58. The first-order chi connectivity index (χ1) is 12.2. The van der Waals surface area contributed by atoms with Crippen molar-refractivity contribution in [1.29, 1.82) is 0 Å². The Morgan fingerprint density at radius 1 is 0.654 bits per heavy atom. The molecule has 0 amide bonds. The van der Waals surface area contributed by atoms with Gasteiger partial charge in [-0.1, -0.05) is 13.2 Å². The first-order valence-electron chi connectivity index (χ1n) is 7.91. The van der Waals surface area contributed by atoms with E-state index in [9.17, 15) is 19.2 Å². The molecule has 0 heterocycles. The lowest BCUT2D eigenvalue weighted by Crippen LogP contribution is -2.11. The summed E-state index contributed by atoms with van der Waals surface area (Å²) in [5, 5.41) is 0. The number of carbonyl (C=O) groups is 4. The zero-order chi connectivity index (χ0) is 19.9. The molecule has 8 heteroatoms. The molecule has 0 spiro atoms. The smallest absolute Gasteiger partial charge is 0.333 e. The fraction of sp³-hybridized carbons (Fsp3) is 0.444. The molecule has 0 rings (SSSR count). The van der Waals surface area contributed by atoms with Gasteiger partial charge in [0, 0.05) is 36.1 Å². The molecular weight excluding hydrogens is 344 g/mol. The van der Waals surface area contributed by atoms with Crippen LogP contribution in [0.2, 0.25) is 0 Å². The molecule has 0 aliphatic heterocycles. The number of carbonyl (C=O) groups excluding carboxylic acids is 4. The van der Waals surface area contributed by atoms with Gasteiger partial charge in [0.2, 0.25) is 0 Å². The predicted molar refractivity (Wildman–Crippen MR) is 91.8 cm³/mol. The van der Waals surface area contributed by atoms with E-state index in [0.29, 0.717) is 12.8 Å². The maximum absolute atomic E-state index is 11.4. The Labute approximate surface area is 152 Å². The van der Waals surface area contributed by atoms with Gasteiger partial charge in [0.25, 0.3) is 0 Å². The van der Waals surface area contributed by atoms with Crippen LogP contribution < -0.4 is 0 Å². The molecule has 0 N–H and O–H groups in total. The van der Waals surface area contributed by atoms with Gasteiger partial charge in [0.1, 0.15) is 0 Å². The minimum Gasteiger partial charge on any atom is -0.462 e. The standard InChI is InChI=1S/C18H24O8/c1-13(2)17(21)25-11-5-9-23-15(19)7-8-16(20)24-10-6-12-26-18(22)14(3)4/h7-8H,1,3,5-6,9-12H2,2,4H3. The van der Waals surface area contributed by atoms with Crippen molar-refractivity contribution in [2.75, 3.05) is 26.4 Å². The summed E-state index contributed by atoms with van der Waals surface area (Å²) in [6.07, 6.45) is 2.52.